The van der Waals surface area contributed by atoms with E-state index >= 15 is 0 Å². The summed E-state index contributed by atoms with van der Waals surface area (Å²) >= 11 is 12.5. The summed E-state index contributed by atoms with van der Waals surface area (Å²) in [7, 11) is 1.66. The van der Waals surface area contributed by atoms with Crippen molar-refractivity contribution in [2.45, 2.75) is 26.4 Å². The monoisotopic (exact) mass is 393 g/mol. The van der Waals surface area contributed by atoms with E-state index in [1.165, 1.54) is 0 Å². The number of aryl methyl sites for hydroxylation is 2. The minimum absolute atomic E-state index is 0.152. The summed E-state index contributed by atoms with van der Waals surface area (Å²) in [5, 5.41) is 12.6. The van der Waals surface area contributed by atoms with E-state index in [9.17, 15) is 5.11 Å². The summed E-state index contributed by atoms with van der Waals surface area (Å²) in [4.78, 5) is 4.63. The molecule has 138 valence electrons. The Labute approximate surface area is 162 Å². The van der Waals surface area contributed by atoms with E-state index in [-0.39, 0.29) is 12.4 Å². The minimum atomic E-state index is 0.152. The molecule has 2 aromatic heterocycles. The summed E-state index contributed by atoms with van der Waals surface area (Å²) in [6, 6.07) is 5.31. The lowest BCUT2D eigenvalue weighted by Crippen LogP contribution is -2.04. The quantitative estimate of drug-likeness (QED) is 0.603. The lowest BCUT2D eigenvalue weighted by atomic mass is 9.95. The van der Waals surface area contributed by atoms with E-state index < -0.39 is 0 Å². The molecule has 0 fully saturated rings. The van der Waals surface area contributed by atoms with E-state index in [0.29, 0.717) is 34.1 Å². The maximum absolute atomic E-state index is 10.9. The topological polar surface area (TPSA) is 73.3 Å². The highest BCUT2D eigenvalue weighted by Gasteiger charge is 2.21. The van der Waals surface area contributed by atoms with Gasteiger partial charge in [-0.05, 0) is 31.0 Å². The van der Waals surface area contributed by atoms with Crippen molar-refractivity contribution in [3.63, 3.8) is 0 Å². The van der Waals surface area contributed by atoms with Gasteiger partial charge in [-0.25, -0.2) is 0 Å². The van der Waals surface area contributed by atoms with Gasteiger partial charge in [-0.3, -0.25) is 4.98 Å². The van der Waals surface area contributed by atoms with Crippen molar-refractivity contribution >= 4 is 34.1 Å². The number of rotatable bonds is 6. The number of methoxy groups -OCH3 is 1. The number of hydrogen-bond acceptors (Lipinski definition) is 4. The molecular formula is C19H21Cl2N3O2. The molecule has 3 rings (SSSR count). The third-order valence-corrected chi connectivity index (χ3v) is 5.01. The first-order valence-corrected chi connectivity index (χ1v) is 9.09. The molecule has 0 bridgehead atoms. The van der Waals surface area contributed by atoms with Crippen LogP contribution in [0, 0.1) is 6.92 Å². The zero-order chi connectivity index (χ0) is 18.8. The van der Waals surface area contributed by atoms with Crippen molar-refractivity contribution in [3.05, 3.63) is 45.7 Å². The maximum atomic E-state index is 10.9. The molecule has 0 aliphatic carbocycles. The average molecular weight is 394 g/mol. The van der Waals surface area contributed by atoms with Gasteiger partial charge in [0.05, 0.1) is 10.9 Å². The molecule has 3 N–H and O–H groups in total. The Hall–Kier alpha value is -1.79. The lowest BCUT2D eigenvalue weighted by Gasteiger charge is -2.14. The first-order valence-electron chi connectivity index (χ1n) is 8.33. The van der Waals surface area contributed by atoms with Crippen LogP contribution >= 0.6 is 23.2 Å². The Morgan fingerprint density at radius 2 is 2.08 bits per heavy atom. The van der Waals surface area contributed by atoms with E-state index in [1.54, 1.807) is 23.8 Å². The van der Waals surface area contributed by atoms with Crippen LogP contribution in [-0.2, 0) is 17.8 Å². The number of aromatic hydroxyl groups is 1. The van der Waals surface area contributed by atoms with Crippen molar-refractivity contribution in [1.29, 1.82) is 0 Å². The Bertz CT molecular complexity index is 954. The Kier molecular flexibility index (Phi) is 5.73. The summed E-state index contributed by atoms with van der Waals surface area (Å²) in [5.74, 6) is 0.152. The van der Waals surface area contributed by atoms with Crippen molar-refractivity contribution in [3.8, 4) is 17.0 Å². The average Bonchev–Trinajstić information content (AvgIpc) is 2.90. The number of aromatic nitrogens is 2. The van der Waals surface area contributed by atoms with Gasteiger partial charge in [0.15, 0.2) is 0 Å². The van der Waals surface area contributed by atoms with Crippen LogP contribution in [0.1, 0.15) is 17.7 Å². The van der Waals surface area contributed by atoms with Gasteiger partial charge in [0.1, 0.15) is 0 Å². The molecule has 5 nitrogen and oxygen atoms in total. The number of ether oxygens (including phenoxy) is 1. The fourth-order valence-electron chi connectivity index (χ4n) is 3.22. The number of halogens is 2. The SMILES string of the molecule is COCCCn1cc2nc(C)c(CN)c(-c3ccc(Cl)cc3Cl)c2c1O. The van der Waals surface area contributed by atoms with Crippen molar-refractivity contribution in [2.75, 3.05) is 13.7 Å². The van der Waals surface area contributed by atoms with E-state index in [0.717, 1.165) is 28.8 Å². The number of nitrogens with two attached hydrogens (primary N) is 1. The lowest BCUT2D eigenvalue weighted by molar-refractivity contribution is 0.189. The molecule has 0 aliphatic rings. The molecule has 3 aromatic rings. The van der Waals surface area contributed by atoms with E-state index in [1.807, 2.05) is 19.2 Å². The highest BCUT2D eigenvalue weighted by molar-refractivity contribution is 6.36. The Balaban J connectivity index is 2.27. The van der Waals surface area contributed by atoms with Gasteiger partial charge < -0.3 is 20.1 Å². The molecule has 0 amide bonds. The molecule has 0 unspecified atom stereocenters. The van der Waals surface area contributed by atoms with E-state index in [4.69, 9.17) is 33.7 Å². The zero-order valence-electron chi connectivity index (χ0n) is 14.7. The van der Waals surface area contributed by atoms with Gasteiger partial charge in [-0.2, -0.15) is 0 Å². The first kappa shape index (κ1) is 19.0. The van der Waals surface area contributed by atoms with Gasteiger partial charge in [-0.15, -0.1) is 0 Å². The Morgan fingerprint density at radius 1 is 1.31 bits per heavy atom. The minimum Gasteiger partial charge on any atom is -0.494 e. The second-order valence-corrected chi connectivity index (χ2v) is 6.98. The molecule has 26 heavy (non-hydrogen) atoms. The third-order valence-electron chi connectivity index (χ3n) is 4.46. The fraction of sp³-hybridized carbons (Fsp3) is 0.316. The second-order valence-electron chi connectivity index (χ2n) is 6.13. The molecule has 0 spiro atoms. The van der Waals surface area contributed by atoms with E-state index in [2.05, 4.69) is 4.98 Å². The summed E-state index contributed by atoms with van der Waals surface area (Å²) in [5.41, 5.74) is 9.95. The third kappa shape index (κ3) is 3.40. The Morgan fingerprint density at radius 3 is 2.73 bits per heavy atom. The smallest absolute Gasteiger partial charge is 0.201 e. The number of nitrogens with zero attached hydrogens (tertiary/aromatic N) is 2. The zero-order valence-corrected chi connectivity index (χ0v) is 16.2. The van der Waals surface area contributed by atoms with Gasteiger partial charge in [0.2, 0.25) is 5.88 Å². The van der Waals surface area contributed by atoms with Gasteiger partial charge in [-0.1, -0.05) is 29.3 Å². The highest BCUT2D eigenvalue weighted by Crippen LogP contribution is 2.42. The van der Waals surface area contributed by atoms with Crippen LogP contribution in [0.25, 0.3) is 22.0 Å². The number of pyridine rings is 1. The van der Waals surface area contributed by atoms with Crippen LogP contribution in [0.5, 0.6) is 5.88 Å². The summed E-state index contributed by atoms with van der Waals surface area (Å²) < 4.78 is 6.88. The number of fused-ring (bicyclic) bond motifs is 1. The maximum Gasteiger partial charge on any atom is 0.201 e. The van der Waals surface area contributed by atoms with Gasteiger partial charge in [0.25, 0.3) is 0 Å². The standard InChI is InChI=1S/C19H21Cl2N3O2/c1-11-14(9-22)17(13-5-4-12(20)8-15(13)21)18-16(23-11)10-24(19(18)25)6-3-7-26-2/h4-5,8,10,25H,3,6-7,9,22H2,1-2H3. The second kappa shape index (κ2) is 7.84. The largest absolute Gasteiger partial charge is 0.494 e. The molecular weight excluding hydrogens is 373 g/mol. The van der Waals surface area contributed by atoms with Crippen LogP contribution in [0.2, 0.25) is 10.0 Å². The molecule has 0 atom stereocenters. The predicted molar refractivity (Wildman–Crippen MR) is 106 cm³/mol. The van der Waals surface area contributed by atoms with Crippen LogP contribution in [0.4, 0.5) is 0 Å². The normalized spacial score (nSPS) is 11.4. The molecule has 2 heterocycles. The van der Waals surface area contributed by atoms with Crippen molar-refractivity contribution in [1.82, 2.24) is 9.55 Å². The van der Waals surface area contributed by atoms with Crippen LogP contribution < -0.4 is 5.73 Å². The fourth-order valence-corrected chi connectivity index (χ4v) is 3.73. The molecule has 0 aliphatic heterocycles. The van der Waals surface area contributed by atoms with Crippen LogP contribution in [-0.4, -0.2) is 28.4 Å². The first-order chi connectivity index (χ1) is 12.5. The summed E-state index contributed by atoms with van der Waals surface area (Å²) in [6.45, 7) is 3.44. The highest BCUT2D eigenvalue weighted by atomic mass is 35.5. The van der Waals surface area contributed by atoms with Crippen LogP contribution in [0.15, 0.2) is 24.4 Å². The predicted octanol–water partition coefficient (Wildman–Crippen LogP) is 4.52. The molecule has 0 saturated carbocycles. The molecule has 0 saturated heterocycles. The van der Waals surface area contributed by atoms with Gasteiger partial charge in [0, 0.05) is 59.9 Å². The molecule has 0 radical (unpaired) electrons. The number of benzene rings is 1. The molecule has 1 aromatic carbocycles. The van der Waals surface area contributed by atoms with Crippen molar-refractivity contribution in [2.24, 2.45) is 5.73 Å². The van der Waals surface area contributed by atoms with Crippen molar-refractivity contribution < 1.29 is 9.84 Å². The van der Waals surface area contributed by atoms with Crippen LogP contribution in [0.3, 0.4) is 0 Å². The number of hydrogen-bond donors (Lipinski definition) is 2. The summed E-state index contributed by atoms with van der Waals surface area (Å²) in [6.07, 6.45) is 2.63. The molecule has 7 heteroatoms. The van der Waals surface area contributed by atoms with Gasteiger partial charge >= 0.3 is 0 Å².